The second-order valence-corrected chi connectivity index (χ2v) is 10.7. The van der Waals surface area contributed by atoms with Gasteiger partial charge in [0.15, 0.2) is 5.78 Å². The van der Waals surface area contributed by atoms with Crippen molar-refractivity contribution < 1.29 is 39.8 Å². The van der Waals surface area contributed by atoms with E-state index >= 15 is 0 Å². The van der Waals surface area contributed by atoms with Crippen molar-refractivity contribution in [1.29, 1.82) is 0 Å². The Labute approximate surface area is 249 Å². The van der Waals surface area contributed by atoms with Crippen molar-refractivity contribution in [1.82, 2.24) is 0 Å². The summed E-state index contributed by atoms with van der Waals surface area (Å²) in [4.78, 5) is 13.4. The Morgan fingerprint density at radius 1 is 0.860 bits per heavy atom. The summed E-state index contributed by atoms with van der Waals surface area (Å²) in [5, 5.41) is 51.6. The number of hydrogen-bond donors (Lipinski definition) is 5. The molecule has 0 radical (unpaired) electrons. The van der Waals surface area contributed by atoms with Crippen LogP contribution in [0.4, 0.5) is 0 Å². The van der Waals surface area contributed by atoms with Gasteiger partial charge in [-0.1, -0.05) is 42.5 Å². The number of phenols is 5. The van der Waals surface area contributed by atoms with Gasteiger partial charge in [0.05, 0.1) is 19.3 Å². The summed E-state index contributed by atoms with van der Waals surface area (Å²) in [6.07, 6.45) is 4.48. The summed E-state index contributed by atoms with van der Waals surface area (Å²) in [5.41, 5.74) is 2.76. The van der Waals surface area contributed by atoms with Gasteiger partial charge >= 0.3 is 0 Å². The maximum Gasteiger partial charge on any atom is 0.193 e. The largest absolute Gasteiger partial charge is 0.508 e. The number of rotatable bonds is 9. The average Bonchev–Trinajstić information content (AvgIpc) is 3.00. The molecular weight excluding hydrogens is 548 g/mol. The standard InChI is InChI=1S/C35H34O8/c1-42-32-20-30(40)33(35(41)34(32)29(39)17-7-22-4-12-26(37)13-5-22)24-18-28(16-6-21-2-10-25(36)11-3-21)43-31(19-24)23-8-14-27(38)15-9-23/h2-5,7-15,17,20,24,28,31,36-38,40-41H,6,16,18-19H2,1H3/b17-7+/t24-,28+,31?/m1/s1. The Morgan fingerprint density at radius 2 is 1.47 bits per heavy atom. The van der Waals surface area contributed by atoms with Crippen molar-refractivity contribution in [3.05, 3.63) is 113 Å². The van der Waals surface area contributed by atoms with Crippen LogP contribution in [-0.4, -0.2) is 44.5 Å². The van der Waals surface area contributed by atoms with E-state index in [1.54, 1.807) is 54.6 Å². The average molecular weight is 583 g/mol. The number of benzene rings is 4. The first-order valence-corrected chi connectivity index (χ1v) is 14.1. The number of phenolic OH excluding ortho intramolecular Hbond substituents is 5. The minimum atomic E-state index is -0.505. The first-order chi connectivity index (χ1) is 20.7. The Morgan fingerprint density at radius 3 is 2.09 bits per heavy atom. The zero-order valence-corrected chi connectivity index (χ0v) is 23.7. The molecule has 5 rings (SSSR count). The predicted octanol–water partition coefficient (Wildman–Crippen LogP) is 6.76. The normalized spacial score (nSPS) is 18.5. The second-order valence-electron chi connectivity index (χ2n) is 10.7. The Balaban J connectivity index is 1.47. The molecule has 1 aliphatic heterocycles. The molecule has 0 aromatic heterocycles. The van der Waals surface area contributed by atoms with Crippen LogP contribution in [0.3, 0.4) is 0 Å². The zero-order chi connectivity index (χ0) is 30.5. The van der Waals surface area contributed by atoms with E-state index in [1.165, 1.54) is 31.4 Å². The van der Waals surface area contributed by atoms with Crippen LogP contribution in [0.15, 0.2) is 84.9 Å². The number of methoxy groups -OCH3 is 1. The molecular formula is C35H34O8. The van der Waals surface area contributed by atoms with Crippen LogP contribution in [-0.2, 0) is 11.2 Å². The molecule has 0 aliphatic carbocycles. The molecule has 0 bridgehead atoms. The van der Waals surface area contributed by atoms with Gasteiger partial charge in [-0.25, -0.2) is 0 Å². The summed E-state index contributed by atoms with van der Waals surface area (Å²) in [5.74, 6) is -0.911. The lowest BCUT2D eigenvalue weighted by atomic mass is 9.80. The quantitative estimate of drug-likeness (QED) is 0.108. The number of aryl methyl sites for hydroxylation is 1. The second kappa shape index (κ2) is 12.9. The highest BCUT2D eigenvalue weighted by molar-refractivity contribution is 6.11. The van der Waals surface area contributed by atoms with Gasteiger partial charge < -0.3 is 35.0 Å². The van der Waals surface area contributed by atoms with E-state index in [-0.39, 0.29) is 57.6 Å². The van der Waals surface area contributed by atoms with Crippen LogP contribution < -0.4 is 4.74 Å². The first-order valence-electron chi connectivity index (χ1n) is 14.1. The minimum Gasteiger partial charge on any atom is -0.508 e. The lowest BCUT2D eigenvalue weighted by molar-refractivity contribution is -0.0632. The molecule has 5 N–H and O–H groups in total. The summed E-state index contributed by atoms with van der Waals surface area (Å²) < 4.78 is 11.9. The Kier molecular flexibility index (Phi) is 8.87. The molecule has 4 aromatic carbocycles. The number of ether oxygens (including phenoxy) is 2. The fourth-order valence-corrected chi connectivity index (χ4v) is 5.62. The Bertz CT molecular complexity index is 1590. The summed E-state index contributed by atoms with van der Waals surface area (Å²) in [7, 11) is 1.36. The van der Waals surface area contributed by atoms with Crippen LogP contribution >= 0.6 is 0 Å². The lowest BCUT2D eigenvalue weighted by Crippen LogP contribution is -2.28. The maximum atomic E-state index is 13.4. The molecule has 1 fully saturated rings. The third-order valence-electron chi connectivity index (χ3n) is 7.84. The molecule has 1 aliphatic rings. The van der Waals surface area contributed by atoms with E-state index < -0.39 is 11.9 Å². The minimum absolute atomic E-state index is 0.0464. The molecule has 1 heterocycles. The highest BCUT2D eigenvalue weighted by atomic mass is 16.5. The lowest BCUT2D eigenvalue weighted by Gasteiger charge is -2.37. The molecule has 0 spiro atoms. The van der Waals surface area contributed by atoms with Crippen molar-refractivity contribution in [2.24, 2.45) is 0 Å². The van der Waals surface area contributed by atoms with Gasteiger partial charge in [0.25, 0.3) is 0 Å². The predicted molar refractivity (Wildman–Crippen MR) is 162 cm³/mol. The SMILES string of the molecule is COc1cc(O)c([C@H]2CC(c3ccc(O)cc3)O[C@@H](CCc3ccc(O)cc3)C2)c(O)c1C(=O)/C=C/c1ccc(O)cc1. The topological polar surface area (TPSA) is 137 Å². The van der Waals surface area contributed by atoms with Gasteiger partial charge in [0.1, 0.15) is 40.1 Å². The molecule has 4 aromatic rings. The highest BCUT2D eigenvalue weighted by Crippen LogP contribution is 2.50. The van der Waals surface area contributed by atoms with Crippen LogP contribution in [0.5, 0.6) is 34.5 Å². The number of carbonyl (C=O) groups excluding carboxylic acids is 1. The van der Waals surface area contributed by atoms with E-state index in [1.807, 2.05) is 12.1 Å². The number of ketones is 1. The van der Waals surface area contributed by atoms with Crippen LogP contribution in [0.1, 0.15) is 63.9 Å². The van der Waals surface area contributed by atoms with Crippen LogP contribution in [0, 0.1) is 0 Å². The Hall–Kier alpha value is -4.95. The van der Waals surface area contributed by atoms with Gasteiger partial charge in [-0.2, -0.15) is 0 Å². The highest BCUT2D eigenvalue weighted by Gasteiger charge is 2.36. The van der Waals surface area contributed by atoms with E-state index in [2.05, 4.69) is 0 Å². The van der Waals surface area contributed by atoms with Crippen molar-refractivity contribution in [2.75, 3.05) is 7.11 Å². The molecule has 1 unspecified atom stereocenters. The number of hydrogen-bond acceptors (Lipinski definition) is 8. The van der Waals surface area contributed by atoms with Gasteiger partial charge in [-0.05, 0) is 90.8 Å². The molecule has 222 valence electrons. The molecule has 8 nitrogen and oxygen atoms in total. The smallest absolute Gasteiger partial charge is 0.193 e. The number of allylic oxidation sites excluding steroid dienone is 1. The van der Waals surface area contributed by atoms with Gasteiger partial charge in [0, 0.05) is 11.6 Å². The van der Waals surface area contributed by atoms with Gasteiger partial charge in [-0.3, -0.25) is 4.79 Å². The number of aromatic hydroxyl groups is 5. The summed E-state index contributed by atoms with van der Waals surface area (Å²) in [6, 6.07) is 21.4. The summed E-state index contributed by atoms with van der Waals surface area (Å²) >= 11 is 0. The maximum absolute atomic E-state index is 13.4. The molecule has 1 saturated heterocycles. The van der Waals surface area contributed by atoms with Gasteiger partial charge in [0.2, 0.25) is 0 Å². The fourth-order valence-electron chi connectivity index (χ4n) is 5.62. The summed E-state index contributed by atoms with van der Waals surface area (Å²) in [6.45, 7) is 0. The molecule has 3 atom stereocenters. The van der Waals surface area contributed by atoms with E-state index in [0.717, 1.165) is 11.1 Å². The van der Waals surface area contributed by atoms with Crippen molar-refractivity contribution >= 4 is 11.9 Å². The molecule has 43 heavy (non-hydrogen) atoms. The third kappa shape index (κ3) is 6.93. The molecule has 0 amide bonds. The monoisotopic (exact) mass is 582 g/mol. The van der Waals surface area contributed by atoms with Crippen LogP contribution in [0.2, 0.25) is 0 Å². The van der Waals surface area contributed by atoms with E-state index in [9.17, 15) is 30.3 Å². The van der Waals surface area contributed by atoms with Crippen LogP contribution in [0.25, 0.3) is 6.08 Å². The zero-order valence-electron chi connectivity index (χ0n) is 23.7. The molecule has 8 heteroatoms. The van der Waals surface area contributed by atoms with Crippen molar-refractivity contribution in [3.8, 4) is 34.5 Å². The third-order valence-corrected chi connectivity index (χ3v) is 7.84. The fraction of sp³-hybridized carbons (Fsp3) is 0.229. The molecule has 0 saturated carbocycles. The first kappa shape index (κ1) is 29.5. The van der Waals surface area contributed by atoms with Crippen molar-refractivity contribution in [2.45, 2.75) is 43.8 Å². The van der Waals surface area contributed by atoms with Gasteiger partial charge in [-0.15, -0.1) is 0 Å². The van der Waals surface area contributed by atoms with Crippen molar-refractivity contribution in [3.63, 3.8) is 0 Å². The van der Waals surface area contributed by atoms with E-state index in [0.29, 0.717) is 31.2 Å². The number of carbonyl (C=O) groups is 1. The van der Waals surface area contributed by atoms with E-state index in [4.69, 9.17) is 9.47 Å².